The van der Waals surface area contributed by atoms with E-state index < -0.39 is 0 Å². The molecule has 0 saturated heterocycles. The van der Waals surface area contributed by atoms with Crippen LogP contribution in [-0.4, -0.2) is 48.5 Å². The Morgan fingerprint density at radius 2 is 2.05 bits per heavy atom. The zero-order valence-corrected chi connectivity index (χ0v) is 13.6. The molecule has 0 aromatic carbocycles. The highest BCUT2D eigenvalue weighted by molar-refractivity contribution is 5.92. The van der Waals surface area contributed by atoms with E-state index in [1.165, 1.54) is 0 Å². The Morgan fingerprint density at radius 3 is 2.67 bits per heavy atom. The van der Waals surface area contributed by atoms with Gasteiger partial charge in [0.05, 0.1) is 0 Å². The van der Waals surface area contributed by atoms with Gasteiger partial charge in [-0.2, -0.15) is 0 Å². The number of hydrogen-bond donors (Lipinski definition) is 2. The van der Waals surface area contributed by atoms with Crippen LogP contribution in [0.1, 0.15) is 44.1 Å². The van der Waals surface area contributed by atoms with Gasteiger partial charge in [0.25, 0.3) is 5.91 Å². The molecule has 1 amide bonds. The van der Waals surface area contributed by atoms with Gasteiger partial charge in [-0.1, -0.05) is 19.9 Å². The predicted molar refractivity (Wildman–Crippen MR) is 87.7 cm³/mol. The van der Waals surface area contributed by atoms with E-state index in [0.29, 0.717) is 11.5 Å². The molecule has 0 spiro atoms. The van der Waals surface area contributed by atoms with Crippen molar-refractivity contribution in [2.45, 2.75) is 39.7 Å². The van der Waals surface area contributed by atoms with Crippen molar-refractivity contribution >= 4 is 11.7 Å². The first-order valence-electron chi connectivity index (χ1n) is 7.78. The van der Waals surface area contributed by atoms with E-state index in [0.717, 1.165) is 32.5 Å². The lowest BCUT2D eigenvalue weighted by Crippen LogP contribution is -2.34. The normalized spacial score (nSPS) is 12.2. The van der Waals surface area contributed by atoms with Gasteiger partial charge in [-0.15, -0.1) is 0 Å². The van der Waals surface area contributed by atoms with Gasteiger partial charge in [-0.05, 0) is 51.5 Å². The van der Waals surface area contributed by atoms with E-state index in [1.807, 2.05) is 19.1 Å². The van der Waals surface area contributed by atoms with Gasteiger partial charge in [0, 0.05) is 13.1 Å². The van der Waals surface area contributed by atoms with Crippen molar-refractivity contribution < 1.29 is 4.79 Å². The third kappa shape index (κ3) is 6.12. The fraction of sp³-hybridized carbons (Fsp3) is 0.625. The van der Waals surface area contributed by atoms with E-state index in [1.54, 1.807) is 13.1 Å². The number of anilines is 1. The van der Waals surface area contributed by atoms with E-state index >= 15 is 0 Å². The number of carbonyl (C=O) groups is 1. The number of aromatic nitrogens is 1. The van der Waals surface area contributed by atoms with Gasteiger partial charge >= 0.3 is 0 Å². The minimum absolute atomic E-state index is 0.109. The third-order valence-corrected chi connectivity index (χ3v) is 3.62. The SMILES string of the molecule is CCN(CC)CCCC(C)NC(=O)c1cccc(NC)n1. The molecule has 1 heterocycles. The van der Waals surface area contributed by atoms with Gasteiger partial charge in [-0.3, -0.25) is 4.79 Å². The lowest BCUT2D eigenvalue weighted by atomic mass is 10.1. The molecule has 0 bridgehead atoms. The van der Waals surface area contributed by atoms with Crippen molar-refractivity contribution in [2.24, 2.45) is 0 Å². The van der Waals surface area contributed by atoms with Gasteiger partial charge < -0.3 is 15.5 Å². The summed E-state index contributed by atoms with van der Waals surface area (Å²) >= 11 is 0. The minimum atomic E-state index is -0.109. The maximum atomic E-state index is 12.1. The van der Waals surface area contributed by atoms with Crippen molar-refractivity contribution in [1.29, 1.82) is 0 Å². The highest BCUT2D eigenvalue weighted by Crippen LogP contribution is 2.05. The second-order valence-electron chi connectivity index (χ2n) is 5.20. The molecule has 1 aromatic rings. The molecular formula is C16H28N4O. The molecule has 1 aromatic heterocycles. The Bertz CT molecular complexity index is 432. The quantitative estimate of drug-likeness (QED) is 0.733. The number of nitrogens with zero attached hydrogens (tertiary/aromatic N) is 2. The summed E-state index contributed by atoms with van der Waals surface area (Å²) in [6, 6.07) is 5.56. The number of carbonyl (C=O) groups excluding carboxylic acids is 1. The highest BCUT2D eigenvalue weighted by Gasteiger charge is 2.11. The second kappa shape index (κ2) is 9.34. The minimum Gasteiger partial charge on any atom is -0.373 e. The summed E-state index contributed by atoms with van der Waals surface area (Å²) in [4.78, 5) is 18.8. The van der Waals surface area contributed by atoms with Gasteiger partial charge in [-0.25, -0.2) is 4.98 Å². The molecule has 1 rings (SSSR count). The molecule has 1 unspecified atom stereocenters. The van der Waals surface area contributed by atoms with Crippen molar-refractivity contribution in [3.63, 3.8) is 0 Å². The smallest absolute Gasteiger partial charge is 0.270 e. The number of rotatable bonds is 9. The molecule has 5 nitrogen and oxygen atoms in total. The second-order valence-corrected chi connectivity index (χ2v) is 5.20. The van der Waals surface area contributed by atoms with Crippen LogP contribution in [0.15, 0.2) is 18.2 Å². The number of pyridine rings is 1. The Hall–Kier alpha value is -1.62. The maximum Gasteiger partial charge on any atom is 0.270 e. The molecule has 5 heteroatoms. The molecule has 118 valence electrons. The van der Waals surface area contributed by atoms with Crippen LogP contribution in [0.5, 0.6) is 0 Å². The highest BCUT2D eigenvalue weighted by atomic mass is 16.1. The first kappa shape index (κ1) is 17.4. The summed E-state index contributed by atoms with van der Waals surface area (Å²) < 4.78 is 0. The van der Waals surface area contributed by atoms with Crippen molar-refractivity contribution in [2.75, 3.05) is 32.0 Å². The molecule has 0 saturated carbocycles. The average Bonchev–Trinajstić information content (AvgIpc) is 2.51. The standard InChI is InChI=1S/C16H28N4O/c1-5-20(6-2)12-8-9-13(3)18-16(21)14-10-7-11-15(17-4)19-14/h7,10-11,13H,5-6,8-9,12H2,1-4H3,(H,17,19)(H,18,21). The van der Waals surface area contributed by atoms with Gasteiger partial charge in [0.2, 0.25) is 0 Å². The summed E-state index contributed by atoms with van der Waals surface area (Å²) in [5.41, 5.74) is 0.456. The first-order valence-corrected chi connectivity index (χ1v) is 7.78. The summed E-state index contributed by atoms with van der Waals surface area (Å²) in [6.45, 7) is 9.64. The van der Waals surface area contributed by atoms with Gasteiger partial charge in [0.15, 0.2) is 0 Å². The van der Waals surface area contributed by atoms with Crippen LogP contribution in [-0.2, 0) is 0 Å². The van der Waals surface area contributed by atoms with Crippen molar-refractivity contribution in [1.82, 2.24) is 15.2 Å². The van der Waals surface area contributed by atoms with E-state index in [-0.39, 0.29) is 11.9 Å². The summed E-state index contributed by atoms with van der Waals surface area (Å²) in [6.07, 6.45) is 2.07. The van der Waals surface area contributed by atoms with E-state index in [2.05, 4.69) is 34.4 Å². The monoisotopic (exact) mass is 292 g/mol. The van der Waals surface area contributed by atoms with E-state index in [9.17, 15) is 4.79 Å². The Balaban J connectivity index is 2.39. The van der Waals surface area contributed by atoms with Crippen LogP contribution in [0.4, 0.5) is 5.82 Å². The lowest BCUT2D eigenvalue weighted by Gasteiger charge is -2.19. The lowest BCUT2D eigenvalue weighted by molar-refractivity contribution is 0.0932. The van der Waals surface area contributed by atoms with E-state index in [4.69, 9.17) is 0 Å². The molecule has 2 N–H and O–H groups in total. The third-order valence-electron chi connectivity index (χ3n) is 3.62. The predicted octanol–water partition coefficient (Wildman–Crippen LogP) is 2.36. The largest absolute Gasteiger partial charge is 0.373 e. The van der Waals surface area contributed by atoms with Crippen molar-refractivity contribution in [3.05, 3.63) is 23.9 Å². The zero-order valence-electron chi connectivity index (χ0n) is 13.6. The fourth-order valence-corrected chi connectivity index (χ4v) is 2.23. The molecular weight excluding hydrogens is 264 g/mol. The zero-order chi connectivity index (χ0) is 15.7. The van der Waals surface area contributed by atoms with Crippen LogP contribution < -0.4 is 10.6 Å². The number of amides is 1. The molecule has 21 heavy (non-hydrogen) atoms. The summed E-state index contributed by atoms with van der Waals surface area (Å²) in [5.74, 6) is 0.597. The topological polar surface area (TPSA) is 57.3 Å². The Morgan fingerprint density at radius 1 is 1.33 bits per heavy atom. The molecule has 0 aliphatic rings. The first-order chi connectivity index (χ1) is 10.1. The Kier molecular flexibility index (Phi) is 7.75. The Labute approximate surface area is 128 Å². The fourth-order valence-electron chi connectivity index (χ4n) is 2.23. The molecule has 1 atom stereocenters. The van der Waals surface area contributed by atoms with Gasteiger partial charge in [0.1, 0.15) is 11.5 Å². The summed E-state index contributed by atoms with van der Waals surface area (Å²) in [7, 11) is 1.79. The molecule has 0 fully saturated rings. The number of nitrogens with one attached hydrogen (secondary N) is 2. The van der Waals surface area contributed by atoms with Crippen LogP contribution in [0.25, 0.3) is 0 Å². The molecule has 0 radical (unpaired) electrons. The van der Waals surface area contributed by atoms with Crippen LogP contribution in [0, 0.1) is 0 Å². The molecule has 0 aliphatic carbocycles. The summed E-state index contributed by atoms with van der Waals surface area (Å²) in [5, 5.41) is 5.95. The van der Waals surface area contributed by atoms with Crippen LogP contribution in [0.2, 0.25) is 0 Å². The van der Waals surface area contributed by atoms with Crippen LogP contribution >= 0.6 is 0 Å². The molecule has 0 aliphatic heterocycles. The average molecular weight is 292 g/mol. The maximum absolute atomic E-state index is 12.1. The van der Waals surface area contributed by atoms with Crippen molar-refractivity contribution in [3.8, 4) is 0 Å². The van der Waals surface area contributed by atoms with Crippen LogP contribution in [0.3, 0.4) is 0 Å². The number of hydrogen-bond acceptors (Lipinski definition) is 4.